The van der Waals surface area contributed by atoms with Gasteiger partial charge in [-0.2, -0.15) is 8.78 Å². The van der Waals surface area contributed by atoms with Gasteiger partial charge >= 0.3 is 5.97 Å². The van der Waals surface area contributed by atoms with Crippen LogP contribution < -0.4 is 9.47 Å². The van der Waals surface area contributed by atoms with Crippen molar-refractivity contribution in [3.63, 3.8) is 0 Å². The molecule has 1 aromatic carbocycles. The number of cyclic esters (lactones) is 1. The highest BCUT2D eigenvalue weighted by molar-refractivity contribution is 5.74. The van der Waals surface area contributed by atoms with Gasteiger partial charge in [0, 0.05) is 0 Å². The normalized spacial score (nSPS) is 27.1. The lowest BCUT2D eigenvalue weighted by molar-refractivity contribution is -0.160. The van der Waals surface area contributed by atoms with Crippen LogP contribution in [-0.2, 0) is 9.53 Å². The quantitative estimate of drug-likeness (QED) is 0.413. The first-order chi connectivity index (χ1) is 14.5. The van der Waals surface area contributed by atoms with E-state index in [2.05, 4.69) is 0 Å². The molecule has 2 fully saturated rings. The number of esters is 1. The van der Waals surface area contributed by atoms with E-state index in [1.807, 2.05) is 0 Å². The minimum absolute atomic E-state index is 0.110. The van der Waals surface area contributed by atoms with Gasteiger partial charge in [0.2, 0.25) is 11.6 Å². The van der Waals surface area contributed by atoms with Gasteiger partial charge in [-0.25, -0.2) is 4.39 Å². The molecule has 166 valence electrons. The standard InChI is InChI=1S/C23H29F3O4/c1-2-28-19-11-12-20(22(26)21(19)25)29-14-15-5-7-16(8-6-15)18-10-9-17(4-3-13-24)30-23(18)27/h3-4,11-12,15-18H,2,5-10,13-14H2,1H3/b4-3+. The van der Waals surface area contributed by atoms with Gasteiger partial charge in [0.1, 0.15) is 12.8 Å². The number of rotatable bonds is 8. The van der Waals surface area contributed by atoms with Crippen molar-refractivity contribution in [3.05, 3.63) is 35.9 Å². The molecule has 1 heterocycles. The molecule has 1 aliphatic carbocycles. The van der Waals surface area contributed by atoms with E-state index in [0.29, 0.717) is 6.61 Å². The van der Waals surface area contributed by atoms with Crippen LogP contribution >= 0.6 is 0 Å². The van der Waals surface area contributed by atoms with Crippen molar-refractivity contribution in [2.45, 2.75) is 51.6 Å². The first kappa shape index (κ1) is 22.5. The zero-order valence-electron chi connectivity index (χ0n) is 17.2. The van der Waals surface area contributed by atoms with Crippen LogP contribution in [0.4, 0.5) is 13.2 Å². The Kier molecular flexibility index (Phi) is 8.05. The summed E-state index contributed by atoms with van der Waals surface area (Å²) in [5.41, 5.74) is 0. The fourth-order valence-corrected chi connectivity index (χ4v) is 4.38. The molecule has 1 saturated carbocycles. The molecule has 0 radical (unpaired) electrons. The average molecular weight is 426 g/mol. The van der Waals surface area contributed by atoms with Gasteiger partial charge in [-0.05, 0) is 75.5 Å². The van der Waals surface area contributed by atoms with Crippen molar-refractivity contribution < 1.29 is 32.2 Å². The summed E-state index contributed by atoms with van der Waals surface area (Å²) in [6.45, 7) is 1.70. The third kappa shape index (κ3) is 5.49. The summed E-state index contributed by atoms with van der Waals surface area (Å²) in [6.07, 6.45) is 7.62. The third-order valence-corrected chi connectivity index (χ3v) is 6.02. The van der Waals surface area contributed by atoms with E-state index in [4.69, 9.17) is 14.2 Å². The van der Waals surface area contributed by atoms with Crippen molar-refractivity contribution in [1.29, 1.82) is 0 Å². The predicted octanol–water partition coefficient (Wildman–Crippen LogP) is 5.40. The maximum absolute atomic E-state index is 14.1. The van der Waals surface area contributed by atoms with Crippen LogP contribution in [0.5, 0.6) is 11.5 Å². The molecule has 7 heteroatoms. The summed E-state index contributed by atoms with van der Waals surface area (Å²) < 4.78 is 56.3. The second-order valence-corrected chi connectivity index (χ2v) is 7.96. The van der Waals surface area contributed by atoms with E-state index < -0.39 is 18.3 Å². The van der Waals surface area contributed by atoms with E-state index in [-0.39, 0.29) is 47.9 Å². The molecule has 4 nitrogen and oxygen atoms in total. The zero-order valence-corrected chi connectivity index (χ0v) is 17.2. The van der Waals surface area contributed by atoms with E-state index in [1.165, 1.54) is 18.2 Å². The smallest absolute Gasteiger partial charge is 0.309 e. The number of carbonyl (C=O) groups excluding carboxylic acids is 1. The minimum atomic E-state index is -1.03. The Morgan fingerprint density at radius 1 is 1.03 bits per heavy atom. The van der Waals surface area contributed by atoms with Crippen LogP contribution in [0, 0.1) is 29.4 Å². The first-order valence-corrected chi connectivity index (χ1v) is 10.7. The molecule has 0 amide bonds. The highest BCUT2D eigenvalue weighted by atomic mass is 19.2. The molecule has 0 aromatic heterocycles. The van der Waals surface area contributed by atoms with Crippen molar-refractivity contribution in [1.82, 2.24) is 0 Å². The van der Waals surface area contributed by atoms with Crippen LogP contribution in [0.15, 0.2) is 24.3 Å². The predicted molar refractivity (Wildman–Crippen MR) is 106 cm³/mol. The van der Waals surface area contributed by atoms with Gasteiger partial charge in [-0.3, -0.25) is 4.79 Å². The minimum Gasteiger partial charge on any atom is -0.491 e. The SMILES string of the molecule is CCOc1ccc(OCC2CCC(C3CCC(/C=C/CF)OC3=O)CC2)c(F)c1F. The molecule has 1 aliphatic heterocycles. The lowest BCUT2D eigenvalue weighted by Crippen LogP contribution is -2.36. The van der Waals surface area contributed by atoms with E-state index in [0.717, 1.165) is 38.5 Å². The van der Waals surface area contributed by atoms with Crippen molar-refractivity contribution in [2.75, 3.05) is 19.9 Å². The fraction of sp³-hybridized carbons (Fsp3) is 0.609. The summed E-state index contributed by atoms with van der Waals surface area (Å²) >= 11 is 0. The second kappa shape index (κ2) is 10.7. The molecule has 2 atom stereocenters. The van der Waals surface area contributed by atoms with Crippen molar-refractivity contribution in [3.8, 4) is 11.5 Å². The number of allylic oxidation sites excluding steroid dienone is 1. The zero-order chi connectivity index (χ0) is 21.5. The van der Waals surface area contributed by atoms with Crippen LogP contribution in [0.25, 0.3) is 0 Å². The number of alkyl halides is 1. The largest absolute Gasteiger partial charge is 0.491 e. The molecule has 1 aromatic rings. The highest BCUT2D eigenvalue weighted by Gasteiger charge is 2.37. The molecule has 1 saturated heterocycles. The molecule has 2 unspecified atom stereocenters. The number of carbonyl (C=O) groups is 1. The van der Waals surface area contributed by atoms with Crippen LogP contribution in [0.3, 0.4) is 0 Å². The summed E-state index contributed by atoms with van der Waals surface area (Å²) in [5, 5.41) is 0. The first-order valence-electron chi connectivity index (χ1n) is 10.7. The third-order valence-electron chi connectivity index (χ3n) is 6.02. The Morgan fingerprint density at radius 3 is 2.30 bits per heavy atom. The average Bonchev–Trinajstić information content (AvgIpc) is 2.76. The maximum atomic E-state index is 14.1. The van der Waals surface area contributed by atoms with Gasteiger partial charge in [-0.1, -0.05) is 6.08 Å². The molecule has 2 aliphatic rings. The molecule has 3 rings (SSSR count). The molecule has 30 heavy (non-hydrogen) atoms. The number of benzene rings is 1. The molecule has 0 spiro atoms. The highest BCUT2D eigenvalue weighted by Crippen LogP contribution is 2.39. The van der Waals surface area contributed by atoms with Gasteiger partial charge in [0.15, 0.2) is 11.5 Å². The summed E-state index contributed by atoms with van der Waals surface area (Å²) in [5.74, 6) is -2.11. The summed E-state index contributed by atoms with van der Waals surface area (Å²) in [7, 11) is 0. The Labute approximate surface area is 175 Å². The number of hydrogen-bond donors (Lipinski definition) is 0. The number of ether oxygens (including phenoxy) is 3. The van der Waals surface area contributed by atoms with E-state index in [1.54, 1.807) is 13.0 Å². The van der Waals surface area contributed by atoms with E-state index in [9.17, 15) is 18.0 Å². The Bertz CT molecular complexity index is 744. The van der Waals surface area contributed by atoms with Gasteiger partial charge in [-0.15, -0.1) is 0 Å². The lowest BCUT2D eigenvalue weighted by atomic mass is 9.73. The van der Waals surface area contributed by atoms with Gasteiger partial charge < -0.3 is 14.2 Å². The number of halogens is 3. The van der Waals surface area contributed by atoms with E-state index >= 15 is 0 Å². The Balaban J connectivity index is 1.46. The summed E-state index contributed by atoms with van der Waals surface area (Å²) in [4.78, 5) is 12.3. The van der Waals surface area contributed by atoms with Gasteiger partial charge in [0.25, 0.3) is 0 Å². The lowest BCUT2D eigenvalue weighted by Gasteiger charge is -2.36. The number of hydrogen-bond acceptors (Lipinski definition) is 4. The van der Waals surface area contributed by atoms with Crippen LogP contribution in [0.1, 0.15) is 45.4 Å². The topological polar surface area (TPSA) is 44.8 Å². The van der Waals surface area contributed by atoms with Crippen LogP contribution in [0.2, 0.25) is 0 Å². The van der Waals surface area contributed by atoms with Crippen molar-refractivity contribution in [2.24, 2.45) is 17.8 Å². The van der Waals surface area contributed by atoms with Crippen LogP contribution in [-0.4, -0.2) is 32.0 Å². The Morgan fingerprint density at radius 2 is 1.70 bits per heavy atom. The molecule has 0 bridgehead atoms. The van der Waals surface area contributed by atoms with Gasteiger partial charge in [0.05, 0.1) is 19.1 Å². The monoisotopic (exact) mass is 426 g/mol. The Hall–Kier alpha value is -2.18. The molecule has 0 N–H and O–H groups in total. The summed E-state index contributed by atoms with van der Waals surface area (Å²) in [6, 6.07) is 2.76. The fourth-order valence-electron chi connectivity index (χ4n) is 4.38. The second-order valence-electron chi connectivity index (χ2n) is 7.96. The van der Waals surface area contributed by atoms with Crippen molar-refractivity contribution >= 4 is 5.97 Å². The maximum Gasteiger partial charge on any atom is 0.309 e. The molecular formula is C23H29F3O4. The molecular weight excluding hydrogens is 397 g/mol.